The van der Waals surface area contributed by atoms with Gasteiger partial charge in [-0.05, 0) is 48.5 Å². The fourth-order valence-electron chi connectivity index (χ4n) is 3.60. The molecule has 9 heteroatoms. The average molecular weight is 757 g/mol. The normalized spacial score (nSPS) is 10.2. The molecule has 0 aliphatic rings. The van der Waals surface area contributed by atoms with Gasteiger partial charge in [-0.15, -0.1) is 0 Å². The first kappa shape index (κ1) is 31.5. The van der Waals surface area contributed by atoms with Crippen molar-refractivity contribution in [1.29, 1.82) is 0 Å². The van der Waals surface area contributed by atoms with Crippen molar-refractivity contribution in [3.05, 3.63) is 121 Å². The van der Waals surface area contributed by atoms with Crippen LogP contribution in [0.3, 0.4) is 0 Å². The molecule has 0 unspecified atom stereocenters. The molecule has 0 aliphatic carbocycles. The molecule has 0 bridgehead atoms. The van der Waals surface area contributed by atoms with Crippen LogP contribution in [0.25, 0.3) is 0 Å². The van der Waals surface area contributed by atoms with Crippen LogP contribution in [-0.2, 0) is 23.5 Å². The van der Waals surface area contributed by atoms with E-state index in [2.05, 4.69) is 26.9 Å². The Labute approximate surface area is 241 Å². The van der Waals surface area contributed by atoms with Gasteiger partial charge in [0, 0.05) is 0 Å². The van der Waals surface area contributed by atoms with E-state index in [0.29, 0.717) is 13.9 Å². The Morgan fingerprint density at radius 1 is 0.514 bits per heavy atom. The van der Waals surface area contributed by atoms with Crippen molar-refractivity contribution in [1.82, 2.24) is 0 Å². The molecule has 0 radical (unpaired) electrons. The van der Waals surface area contributed by atoms with Crippen LogP contribution < -0.4 is 21.2 Å². The minimum atomic E-state index is -1.20. The van der Waals surface area contributed by atoms with Gasteiger partial charge in [-0.2, -0.15) is 0 Å². The molecule has 0 heterocycles. The second-order valence-electron chi connectivity index (χ2n) is 7.61. The zero-order valence-electron chi connectivity index (χ0n) is 19.7. The number of carbonyl (C=O) groups is 2. The van der Waals surface area contributed by atoms with Crippen molar-refractivity contribution in [3.63, 3.8) is 0 Å². The summed E-state index contributed by atoms with van der Waals surface area (Å²) in [6.07, 6.45) is 0.442. The van der Waals surface area contributed by atoms with Crippen molar-refractivity contribution < 1.29 is 33.7 Å². The quantitative estimate of drug-likeness (QED) is 0.183. The second kappa shape index (κ2) is 18.5. The second-order valence-corrected chi connectivity index (χ2v) is 19.7. The molecule has 37 heavy (non-hydrogen) atoms. The predicted octanol–water partition coefficient (Wildman–Crippen LogP) is 5.56. The molecule has 4 aromatic rings. The van der Waals surface area contributed by atoms with Crippen molar-refractivity contribution in [2.75, 3.05) is 12.3 Å². The molecule has 4 aromatic carbocycles. The molecule has 0 aliphatic heterocycles. The topological polar surface area (TPSA) is 74.6 Å². The number of carboxylic acid groups (broad SMARTS) is 2. The molecule has 0 aromatic heterocycles. The van der Waals surface area contributed by atoms with Gasteiger partial charge < -0.3 is 10.2 Å². The molecule has 4 nitrogen and oxygen atoms in total. The molecule has 0 atom stereocenters. The fraction of sp³-hybridized carbons (Fsp3) is 0.0714. The predicted molar refractivity (Wildman–Crippen MR) is 164 cm³/mol. The van der Waals surface area contributed by atoms with E-state index in [1.54, 1.807) is 0 Å². The third-order valence-corrected chi connectivity index (χ3v) is 10.6. The van der Waals surface area contributed by atoms with E-state index in [0.717, 1.165) is 21.2 Å². The first-order valence-electron chi connectivity index (χ1n) is 11.2. The van der Waals surface area contributed by atoms with Crippen LogP contribution >= 0.6 is 42.7 Å². The van der Waals surface area contributed by atoms with Gasteiger partial charge >= 0.3 is 52.7 Å². The molecule has 0 spiro atoms. The molecule has 0 amide bonds. The summed E-state index contributed by atoms with van der Waals surface area (Å²) in [5, 5.41) is 22.6. The van der Waals surface area contributed by atoms with E-state index in [-0.39, 0.29) is 12.3 Å². The number of benzene rings is 4. The Balaban J connectivity index is 0.000000235. The third kappa shape index (κ3) is 12.1. The van der Waals surface area contributed by atoms with Crippen LogP contribution in [0.5, 0.6) is 0 Å². The van der Waals surface area contributed by atoms with Gasteiger partial charge in [0.15, 0.2) is 12.3 Å². The standard InChI is InChI=1S/2C14H13O2P.2BrH.Pd/c2*15-14(16)11-17(12-7-3-1-4-8-12)13-9-5-2-6-10-13;;;/h2*1-10H,11H2,(H,15,16);2*1H;/q;;;;+2. The van der Waals surface area contributed by atoms with Crippen molar-refractivity contribution in [2.45, 2.75) is 0 Å². The Hall–Kier alpha value is -1.70. The number of hydrogen-bond acceptors (Lipinski definition) is 2. The fourth-order valence-corrected chi connectivity index (χ4v) is 8.07. The van der Waals surface area contributed by atoms with Gasteiger partial charge in [0.25, 0.3) is 0 Å². The molecule has 196 valence electrons. The van der Waals surface area contributed by atoms with Gasteiger partial charge in [-0.1, -0.05) is 72.8 Å². The zero-order chi connectivity index (χ0) is 26.9. The monoisotopic (exact) mass is 754 g/mol. The van der Waals surface area contributed by atoms with Gasteiger partial charge in [0.1, 0.15) is 0 Å². The maximum absolute atomic E-state index is 11.0. The van der Waals surface area contributed by atoms with Gasteiger partial charge in [-0.3, -0.25) is 0 Å². The summed E-state index contributed by atoms with van der Waals surface area (Å²) >= 11 is 6.80. The first-order valence-corrected chi connectivity index (χ1v) is 21.7. The van der Waals surface area contributed by atoms with Crippen LogP contribution in [0.2, 0.25) is 0 Å². The zero-order valence-corrected chi connectivity index (χ0v) is 26.5. The van der Waals surface area contributed by atoms with Crippen LogP contribution in [0, 0.1) is 0 Å². The van der Waals surface area contributed by atoms with Crippen molar-refractivity contribution in [3.8, 4) is 0 Å². The van der Waals surface area contributed by atoms with E-state index in [1.165, 1.54) is 0 Å². The molecule has 0 fully saturated rings. The van der Waals surface area contributed by atoms with E-state index < -0.39 is 27.8 Å². The summed E-state index contributed by atoms with van der Waals surface area (Å²) < 4.78 is 0. The SMILES string of the molecule is O=C(O)C[PH+](c1ccccc1)c1ccccc1.O=C(O)C[PH+](c1ccccc1)c1ccccc1.[Br][Pd][Br]. The molecule has 0 saturated carbocycles. The first-order chi connectivity index (χ1) is 18.0. The Morgan fingerprint density at radius 2 is 0.703 bits per heavy atom. The van der Waals surface area contributed by atoms with Crippen LogP contribution in [0.1, 0.15) is 0 Å². The maximum atomic E-state index is 11.0. The molecule has 2 N–H and O–H groups in total. The number of halogens is 2. The van der Waals surface area contributed by atoms with Crippen molar-refractivity contribution >= 4 is 75.9 Å². The average Bonchev–Trinajstić information content (AvgIpc) is 2.93. The van der Waals surface area contributed by atoms with E-state index >= 15 is 0 Å². The van der Waals surface area contributed by atoms with Crippen LogP contribution in [0.4, 0.5) is 0 Å². The van der Waals surface area contributed by atoms with Gasteiger partial charge in [0.2, 0.25) is 0 Å². The molecular weight excluding hydrogens is 728 g/mol. The molecular formula is C28H28Br2O4P2Pd+2. The summed E-state index contributed by atoms with van der Waals surface area (Å²) in [4.78, 5) is 22.0. The van der Waals surface area contributed by atoms with E-state index in [9.17, 15) is 9.59 Å². The Bertz CT molecular complexity index is 1010. The van der Waals surface area contributed by atoms with E-state index in [4.69, 9.17) is 10.2 Å². The summed E-state index contributed by atoms with van der Waals surface area (Å²) in [6, 6.07) is 39.7. The molecule has 4 rings (SSSR count). The summed E-state index contributed by atoms with van der Waals surface area (Å²) in [5.41, 5.74) is 0. The van der Waals surface area contributed by atoms with Gasteiger partial charge in [-0.25, -0.2) is 9.59 Å². The van der Waals surface area contributed by atoms with Crippen LogP contribution in [-0.4, -0.2) is 34.5 Å². The number of carboxylic acids is 2. The van der Waals surface area contributed by atoms with Crippen molar-refractivity contribution in [2.24, 2.45) is 0 Å². The Morgan fingerprint density at radius 3 is 0.865 bits per heavy atom. The number of aliphatic carboxylic acids is 2. The van der Waals surface area contributed by atoms with Gasteiger partial charge in [0.05, 0.1) is 37.1 Å². The Kier molecular flexibility index (Phi) is 15.8. The third-order valence-electron chi connectivity index (χ3n) is 5.15. The summed E-state index contributed by atoms with van der Waals surface area (Å²) in [6.45, 7) is 0. The molecule has 0 saturated heterocycles. The number of hydrogen-bond donors (Lipinski definition) is 2. The summed E-state index contributed by atoms with van der Waals surface area (Å²) in [5.74, 6) is -1.46. The number of rotatable bonds is 8. The van der Waals surface area contributed by atoms with Crippen LogP contribution in [0.15, 0.2) is 121 Å². The van der Waals surface area contributed by atoms with E-state index in [1.807, 2.05) is 121 Å². The minimum absolute atomic E-state index is 0.221. The summed E-state index contributed by atoms with van der Waals surface area (Å²) in [7, 11) is -2.40.